The lowest BCUT2D eigenvalue weighted by Crippen LogP contribution is -2.26. The normalized spacial score (nSPS) is 11.2. The lowest BCUT2D eigenvalue weighted by atomic mass is 10.1. The second-order valence-corrected chi connectivity index (χ2v) is 6.93. The molecule has 0 spiro atoms. The van der Waals surface area contributed by atoms with Crippen molar-refractivity contribution in [1.29, 1.82) is 0 Å². The Balaban J connectivity index is 1.44. The molecule has 1 aromatic carbocycles. The Morgan fingerprint density at radius 3 is 2.71 bits per heavy atom. The van der Waals surface area contributed by atoms with Crippen LogP contribution in [0.15, 0.2) is 48.7 Å². The summed E-state index contributed by atoms with van der Waals surface area (Å²) in [4.78, 5) is 21.3. The number of aryl methyl sites for hydroxylation is 2. The zero-order chi connectivity index (χ0) is 19.5. The van der Waals surface area contributed by atoms with Crippen molar-refractivity contribution in [3.63, 3.8) is 0 Å². The van der Waals surface area contributed by atoms with Crippen LogP contribution in [0.5, 0.6) is 0 Å². The van der Waals surface area contributed by atoms with E-state index in [0.29, 0.717) is 19.4 Å². The number of carbonyl (C=O) groups excluding carboxylic acids is 1. The van der Waals surface area contributed by atoms with Crippen LogP contribution in [0, 0.1) is 13.8 Å². The predicted octanol–water partition coefficient (Wildman–Crippen LogP) is 3.19. The molecule has 0 saturated carbocycles. The van der Waals surface area contributed by atoms with Crippen molar-refractivity contribution >= 4 is 22.5 Å². The van der Waals surface area contributed by atoms with Crippen molar-refractivity contribution in [3.8, 4) is 0 Å². The van der Waals surface area contributed by atoms with E-state index in [9.17, 15) is 4.79 Å². The van der Waals surface area contributed by atoms with E-state index in [0.717, 1.165) is 45.6 Å². The highest BCUT2D eigenvalue weighted by atomic mass is 16.1. The number of pyridine rings is 1. The van der Waals surface area contributed by atoms with E-state index < -0.39 is 0 Å². The molecule has 3 aromatic heterocycles. The molecule has 6 heteroatoms. The van der Waals surface area contributed by atoms with Crippen molar-refractivity contribution in [2.24, 2.45) is 0 Å². The minimum absolute atomic E-state index is 0.0421. The number of hydrogen-bond donors (Lipinski definition) is 1. The number of nitrogens with one attached hydrogen (secondary N) is 1. The fraction of sp³-hybridized carbons (Fsp3) is 0.273. The Hall–Kier alpha value is -3.28. The maximum atomic E-state index is 12.3. The molecule has 0 saturated heterocycles. The van der Waals surface area contributed by atoms with Crippen molar-refractivity contribution in [3.05, 3.63) is 71.3 Å². The first-order valence-electron chi connectivity index (χ1n) is 9.53. The van der Waals surface area contributed by atoms with Crippen LogP contribution in [0.4, 0.5) is 0 Å². The van der Waals surface area contributed by atoms with E-state index in [1.165, 1.54) is 0 Å². The van der Waals surface area contributed by atoms with Crippen LogP contribution in [0.3, 0.4) is 0 Å². The monoisotopic (exact) mass is 373 g/mol. The summed E-state index contributed by atoms with van der Waals surface area (Å²) in [6, 6.07) is 13.8. The van der Waals surface area contributed by atoms with Gasteiger partial charge in [0.25, 0.3) is 0 Å². The number of rotatable bonds is 6. The van der Waals surface area contributed by atoms with Gasteiger partial charge in [-0.1, -0.05) is 18.2 Å². The first-order valence-corrected chi connectivity index (χ1v) is 9.53. The molecule has 0 radical (unpaired) electrons. The molecule has 3 heterocycles. The molecule has 4 rings (SSSR count). The number of fused-ring (bicyclic) bond motifs is 3. The zero-order valence-corrected chi connectivity index (χ0v) is 16.1. The summed E-state index contributed by atoms with van der Waals surface area (Å²) >= 11 is 0. The van der Waals surface area contributed by atoms with Gasteiger partial charge in [-0.15, -0.1) is 0 Å². The zero-order valence-electron chi connectivity index (χ0n) is 16.1. The van der Waals surface area contributed by atoms with Crippen LogP contribution in [0.2, 0.25) is 0 Å². The number of nitrogens with zero attached hydrogens (tertiary/aromatic N) is 4. The topological polar surface area (TPSA) is 72.2 Å². The molecule has 0 unspecified atom stereocenters. The third-order valence-corrected chi connectivity index (χ3v) is 5.05. The van der Waals surface area contributed by atoms with Crippen LogP contribution in [0.1, 0.15) is 29.1 Å². The van der Waals surface area contributed by atoms with Gasteiger partial charge in [0.2, 0.25) is 5.91 Å². The van der Waals surface area contributed by atoms with Crippen molar-refractivity contribution in [1.82, 2.24) is 24.9 Å². The second-order valence-electron chi connectivity index (χ2n) is 6.93. The van der Waals surface area contributed by atoms with Crippen LogP contribution >= 0.6 is 0 Å². The highest BCUT2D eigenvalue weighted by Gasteiger charge is 2.14. The smallest absolute Gasteiger partial charge is 0.220 e. The summed E-state index contributed by atoms with van der Waals surface area (Å²) in [6.07, 6.45) is 3.58. The molecule has 4 aromatic rings. The van der Waals surface area contributed by atoms with E-state index in [2.05, 4.69) is 15.4 Å². The molecule has 6 nitrogen and oxygen atoms in total. The fourth-order valence-corrected chi connectivity index (χ4v) is 3.54. The molecule has 0 aliphatic heterocycles. The quantitative estimate of drug-likeness (QED) is 0.563. The third kappa shape index (κ3) is 3.58. The highest BCUT2D eigenvalue weighted by Crippen LogP contribution is 2.22. The van der Waals surface area contributed by atoms with Gasteiger partial charge in [-0.25, -0.2) is 9.50 Å². The maximum Gasteiger partial charge on any atom is 0.220 e. The molecule has 0 aliphatic carbocycles. The average molecular weight is 373 g/mol. The van der Waals surface area contributed by atoms with Gasteiger partial charge >= 0.3 is 0 Å². The third-order valence-electron chi connectivity index (χ3n) is 5.05. The van der Waals surface area contributed by atoms with Gasteiger partial charge in [0.15, 0.2) is 5.65 Å². The van der Waals surface area contributed by atoms with Gasteiger partial charge in [-0.05, 0) is 50.1 Å². The number of amides is 1. The van der Waals surface area contributed by atoms with Crippen LogP contribution in [-0.2, 0) is 17.6 Å². The summed E-state index contributed by atoms with van der Waals surface area (Å²) in [6.45, 7) is 4.64. The van der Waals surface area contributed by atoms with Crippen LogP contribution in [-0.4, -0.2) is 32.0 Å². The second kappa shape index (κ2) is 7.76. The van der Waals surface area contributed by atoms with Gasteiger partial charge in [0, 0.05) is 48.1 Å². The van der Waals surface area contributed by atoms with Gasteiger partial charge in [0.05, 0.1) is 5.52 Å². The van der Waals surface area contributed by atoms with Crippen LogP contribution < -0.4 is 5.32 Å². The van der Waals surface area contributed by atoms with E-state index >= 15 is 0 Å². The number of benzene rings is 1. The summed E-state index contributed by atoms with van der Waals surface area (Å²) in [5, 5.41) is 8.70. The number of hydrogen-bond acceptors (Lipinski definition) is 4. The molecule has 0 fully saturated rings. The molecule has 28 heavy (non-hydrogen) atoms. The van der Waals surface area contributed by atoms with Gasteiger partial charge in [-0.2, -0.15) is 5.10 Å². The van der Waals surface area contributed by atoms with Crippen molar-refractivity contribution < 1.29 is 4.79 Å². The Labute approximate surface area is 163 Å². The first kappa shape index (κ1) is 18.1. The van der Waals surface area contributed by atoms with E-state index in [-0.39, 0.29) is 5.91 Å². The SMILES string of the molecule is Cc1nc2c3ccccc3nn2c(C)c1CCC(=O)NCCc1ccccn1. The lowest BCUT2D eigenvalue weighted by Gasteiger charge is -2.11. The Kier molecular flexibility index (Phi) is 5.02. The Morgan fingerprint density at radius 2 is 1.89 bits per heavy atom. The van der Waals surface area contributed by atoms with E-state index in [4.69, 9.17) is 4.98 Å². The molecule has 0 aliphatic rings. The summed E-state index contributed by atoms with van der Waals surface area (Å²) in [5.74, 6) is 0.0421. The Bertz CT molecular complexity index is 1130. The van der Waals surface area contributed by atoms with Crippen molar-refractivity contribution in [2.45, 2.75) is 33.1 Å². The Morgan fingerprint density at radius 1 is 1.07 bits per heavy atom. The number of carbonyl (C=O) groups is 1. The van der Waals surface area contributed by atoms with E-state index in [1.807, 2.05) is 60.8 Å². The molecular formula is C22H23N5O. The summed E-state index contributed by atoms with van der Waals surface area (Å²) in [7, 11) is 0. The van der Waals surface area contributed by atoms with Gasteiger partial charge in [0.1, 0.15) is 0 Å². The molecule has 142 valence electrons. The first-order chi connectivity index (χ1) is 13.6. The van der Waals surface area contributed by atoms with Crippen LogP contribution in [0.25, 0.3) is 16.6 Å². The lowest BCUT2D eigenvalue weighted by molar-refractivity contribution is -0.121. The summed E-state index contributed by atoms with van der Waals surface area (Å²) < 4.78 is 1.89. The number of aromatic nitrogens is 4. The average Bonchev–Trinajstić information content (AvgIpc) is 3.07. The molecule has 1 amide bonds. The minimum Gasteiger partial charge on any atom is -0.356 e. The largest absolute Gasteiger partial charge is 0.356 e. The summed E-state index contributed by atoms with van der Waals surface area (Å²) in [5.41, 5.74) is 5.86. The van der Waals surface area contributed by atoms with E-state index in [1.54, 1.807) is 6.20 Å². The van der Waals surface area contributed by atoms with Crippen molar-refractivity contribution in [2.75, 3.05) is 6.54 Å². The molecule has 0 atom stereocenters. The minimum atomic E-state index is 0.0421. The molecular weight excluding hydrogens is 350 g/mol. The maximum absolute atomic E-state index is 12.3. The molecule has 1 N–H and O–H groups in total. The highest BCUT2D eigenvalue weighted by molar-refractivity contribution is 5.92. The standard InChI is InChI=1S/C22H23N5O/c1-15-18(10-11-21(28)24-14-12-17-7-5-6-13-23-17)16(2)27-22(25-15)19-8-3-4-9-20(19)26-27/h3-9,13H,10-12,14H2,1-2H3,(H,24,28). The van der Waals surface area contributed by atoms with Gasteiger partial charge in [-0.3, -0.25) is 9.78 Å². The van der Waals surface area contributed by atoms with Gasteiger partial charge < -0.3 is 5.32 Å². The fourth-order valence-electron chi connectivity index (χ4n) is 3.54. The predicted molar refractivity (Wildman–Crippen MR) is 109 cm³/mol. The molecule has 0 bridgehead atoms.